The van der Waals surface area contributed by atoms with Crippen LogP contribution in [0.4, 0.5) is 13.2 Å². The first-order valence-electron chi connectivity index (χ1n) is 6.45. The molecule has 0 heterocycles. The van der Waals surface area contributed by atoms with Gasteiger partial charge in [0.05, 0.1) is 12.2 Å². The summed E-state index contributed by atoms with van der Waals surface area (Å²) in [7, 11) is 0. The number of alkyl halides is 3. The predicted molar refractivity (Wildman–Crippen MR) is 66.6 cm³/mol. The number of carbonyl (C=O) groups is 1. The molecule has 1 aliphatic rings. The Kier molecular flexibility index (Phi) is 4.32. The van der Waals surface area contributed by atoms with E-state index in [9.17, 15) is 18.0 Å². The molecule has 1 atom stereocenters. The Hall–Kier alpha value is -1.56. The molecule has 1 amide bonds. The summed E-state index contributed by atoms with van der Waals surface area (Å²) in [5, 5.41) is 0. The zero-order valence-electron chi connectivity index (χ0n) is 10.8. The minimum atomic E-state index is -4.35. The summed E-state index contributed by atoms with van der Waals surface area (Å²) >= 11 is 0. The minimum absolute atomic E-state index is 0.0856. The zero-order chi connectivity index (χ0) is 14.8. The molecular weight excluding hydrogens is 271 g/mol. The monoisotopic (exact) mass is 287 g/mol. The van der Waals surface area contributed by atoms with E-state index in [1.165, 1.54) is 12.1 Å². The van der Waals surface area contributed by atoms with E-state index in [1.54, 1.807) is 0 Å². The van der Waals surface area contributed by atoms with Crippen LogP contribution in [0.15, 0.2) is 24.3 Å². The average molecular weight is 287 g/mol. The van der Waals surface area contributed by atoms with Crippen LogP contribution in [0, 0.1) is 5.92 Å². The molecule has 3 nitrogen and oxygen atoms in total. The molecule has 1 saturated carbocycles. The fourth-order valence-electron chi connectivity index (χ4n) is 2.17. The van der Waals surface area contributed by atoms with Crippen molar-refractivity contribution in [2.45, 2.75) is 38.1 Å². The highest BCUT2D eigenvalue weighted by Gasteiger charge is 2.32. The molecule has 20 heavy (non-hydrogen) atoms. The Bertz CT molecular complexity index is 466. The normalized spacial score (nSPS) is 17.6. The third kappa shape index (κ3) is 3.50. The second kappa shape index (κ2) is 5.83. The van der Waals surface area contributed by atoms with Crippen LogP contribution in [-0.2, 0) is 22.3 Å². The number of ether oxygens (including phenoxy) is 1. The number of amides is 1. The van der Waals surface area contributed by atoms with Gasteiger partial charge in [0.25, 0.3) is 0 Å². The lowest BCUT2D eigenvalue weighted by molar-refractivity contribution is -0.137. The summed E-state index contributed by atoms with van der Waals surface area (Å²) in [6, 6.07) is 4.70. The summed E-state index contributed by atoms with van der Waals surface area (Å²) < 4.78 is 42.7. The summed E-state index contributed by atoms with van der Waals surface area (Å²) in [6.07, 6.45) is -2.13. The van der Waals surface area contributed by atoms with Gasteiger partial charge in [-0.25, -0.2) is 0 Å². The Morgan fingerprint density at radius 2 is 1.90 bits per heavy atom. The van der Waals surface area contributed by atoms with Crippen molar-refractivity contribution < 1.29 is 22.7 Å². The first-order valence-corrected chi connectivity index (χ1v) is 6.45. The summed E-state index contributed by atoms with van der Waals surface area (Å²) in [5.74, 6) is -0.372. The van der Waals surface area contributed by atoms with Crippen LogP contribution in [0.5, 0.6) is 0 Å². The predicted octanol–water partition coefficient (Wildman–Crippen LogP) is 2.88. The van der Waals surface area contributed by atoms with E-state index in [-0.39, 0.29) is 12.5 Å². The molecule has 110 valence electrons. The molecule has 0 radical (unpaired) electrons. The molecule has 1 unspecified atom stereocenters. The van der Waals surface area contributed by atoms with Crippen molar-refractivity contribution in [1.82, 2.24) is 0 Å². The van der Waals surface area contributed by atoms with E-state index in [0.717, 1.165) is 31.4 Å². The molecular formula is C14H16F3NO2. The number of hydrogen-bond acceptors (Lipinski definition) is 2. The average Bonchev–Trinajstić information content (AvgIpc) is 2.31. The molecule has 2 rings (SSSR count). The molecule has 1 aromatic carbocycles. The quantitative estimate of drug-likeness (QED) is 0.905. The SMILES string of the molecule is NC(=O)C(OCc1ccc(C(F)(F)F)cc1)C1CCC1. The van der Waals surface area contributed by atoms with Gasteiger partial charge in [-0.15, -0.1) is 0 Å². The second-order valence-electron chi connectivity index (χ2n) is 5.02. The van der Waals surface area contributed by atoms with Crippen LogP contribution >= 0.6 is 0 Å². The van der Waals surface area contributed by atoms with Crippen LogP contribution in [0.1, 0.15) is 30.4 Å². The van der Waals surface area contributed by atoms with E-state index < -0.39 is 23.8 Å². The van der Waals surface area contributed by atoms with Crippen LogP contribution < -0.4 is 5.73 Å². The molecule has 0 spiro atoms. The van der Waals surface area contributed by atoms with E-state index in [2.05, 4.69) is 0 Å². The lowest BCUT2D eigenvalue weighted by Crippen LogP contribution is -2.40. The van der Waals surface area contributed by atoms with Crippen LogP contribution in [-0.4, -0.2) is 12.0 Å². The lowest BCUT2D eigenvalue weighted by atomic mass is 9.81. The number of benzene rings is 1. The molecule has 0 aromatic heterocycles. The highest BCUT2D eigenvalue weighted by Crippen LogP contribution is 2.32. The minimum Gasteiger partial charge on any atom is -0.367 e. The van der Waals surface area contributed by atoms with Crippen molar-refractivity contribution >= 4 is 5.91 Å². The first-order chi connectivity index (χ1) is 9.38. The number of carbonyl (C=O) groups excluding carboxylic acids is 1. The molecule has 0 bridgehead atoms. The lowest BCUT2D eigenvalue weighted by Gasteiger charge is -2.31. The van der Waals surface area contributed by atoms with Crippen molar-refractivity contribution in [2.24, 2.45) is 11.7 Å². The summed E-state index contributed by atoms with van der Waals surface area (Å²) in [6.45, 7) is 0.0856. The largest absolute Gasteiger partial charge is 0.416 e. The molecule has 1 fully saturated rings. The maximum absolute atomic E-state index is 12.4. The Labute approximate surface area is 114 Å². The third-order valence-electron chi connectivity index (χ3n) is 3.57. The van der Waals surface area contributed by atoms with E-state index in [0.29, 0.717) is 5.56 Å². The molecule has 0 aliphatic heterocycles. The van der Waals surface area contributed by atoms with Crippen molar-refractivity contribution in [3.8, 4) is 0 Å². The van der Waals surface area contributed by atoms with Crippen molar-refractivity contribution in [3.63, 3.8) is 0 Å². The van der Waals surface area contributed by atoms with Crippen LogP contribution in [0.3, 0.4) is 0 Å². The van der Waals surface area contributed by atoms with Gasteiger partial charge in [0.1, 0.15) is 6.10 Å². The standard InChI is InChI=1S/C14H16F3NO2/c15-14(16,17)11-6-4-9(5-7-11)8-20-12(13(18)19)10-2-1-3-10/h4-7,10,12H,1-3,8H2,(H2,18,19). The van der Waals surface area contributed by atoms with Gasteiger partial charge < -0.3 is 10.5 Å². The topological polar surface area (TPSA) is 52.3 Å². The molecule has 1 aromatic rings. The molecule has 6 heteroatoms. The fraction of sp³-hybridized carbons (Fsp3) is 0.500. The highest BCUT2D eigenvalue weighted by atomic mass is 19.4. The van der Waals surface area contributed by atoms with Gasteiger partial charge in [0.15, 0.2) is 0 Å². The summed E-state index contributed by atoms with van der Waals surface area (Å²) in [5.41, 5.74) is 5.16. The highest BCUT2D eigenvalue weighted by molar-refractivity contribution is 5.79. The number of nitrogens with two attached hydrogens (primary N) is 1. The number of hydrogen-bond donors (Lipinski definition) is 1. The smallest absolute Gasteiger partial charge is 0.367 e. The van der Waals surface area contributed by atoms with Crippen molar-refractivity contribution in [3.05, 3.63) is 35.4 Å². The number of primary amides is 1. The zero-order valence-corrected chi connectivity index (χ0v) is 10.8. The molecule has 2 N–H and O–H groups in total. The van der Waals surface area contributed by atoms with E-state index >= 15 is 0 Å². The van der Waals surface area contributed by atoms with Gasteiger partial charge >= 0.3 is 6.18 Å². The first kappa shape index (κ1) is 14.8. The van der Waals surface area contributed by atoms with Crippen molar-refractivity contribution in [2.75, 3.05) is 0 Å². The van der Waals surface area contributed by atoms with Gasteiger partial charge in [-0.05, 0) is 36.5 Å². The maximum atomic E-state index is 12.4. The Morgan fingerprint density at radius 3 is 2.30 bits per heavy atom. The van der Waals surface area contributed by atoms with Gasteiger partial charge in [0, 0.05) is 0 Å². The summed E-state index contributed by atoms with van der Waals surface area (Å²) in [4.78, 5) is 11.3. The van der Waals surface area contributed by atoms with Crippen molar-refractivity contribution in [1.29, 1.82) is 0 Å². The number of halogens is 3. The van der Waals surface area contributed by atoms with E-state index in [1.807, 2.05) is 0 Å². The van der Waals surface area contributed by atoms with Gasteiger partial charge in [0.2, 0.25) is 5.91 Å². The molecule has 0 saturated heterocycles. The van der Waals surface area contributed by atoms with Crippen LogP contribution in [0.2, 0.25) is 0 Å². The van der Waals surface area contributed by atoms with Crippen LogP contribution in [0.25, 0.3) is 0 Å². The molecule has 1 aliphatic carbocycles. The Balaban J connectivity index is 1.94. The Morgan fingerprint density at radius 1 is 1.30 bits per heavy atom. The van der Waals surface area contributed by atoms with Gasteiger partial charge in [-0.2, -0.15) is 13.2 Å². The van der Waals surface area contributed by atoms with Gasteiger partial charge in [-0.1, -0.05) is 18.6 Å². The second-order valence-corrected chi connectivity index (χ2v) is 5.02. The third-order valence-corrected chi connectivity index (χ3v) is 3.57. The van der Waals surface area contributed by atoms with E-state index in [4.69, 9.17) is 10.5 Å². The van der Waals surface area contributed by atoms with Gasteiger partial charge in [-0.3, -0.25) is 4.79 Å². The maximum Gasteiger partial charge on any atom is 0.416 e. The number of rotatable bonds is 5. The fourth-order valence-corrected chi connectivity index (χ4v) is 2.17.